The fourth-order valence-corrected chi connectivity index (χ4v) is 3.35. The van der Waals surface area contributed by atoms with Crippen molar-refractivity contribution in [3.8, 4) is 5.75 Å². The van der Waals surface area contributed by atoms with Gasteiger partial charge in [0, 0.05) is 6.04 Å². The van der Waals surface area contributed by atoms with Crippen molar-refractivity contribution in [2.75, 3.05) is 36.5 Å². The molecular formula is C17H19F2N5O. The van der Waals surface area contributed by atoms with Crippen LogP contribution in [0.15, 0.2) is 24.5 Å². The number of hydrogen-bond donors (Lipinski definition) is 2. The van der Waals surface area contributed by atoms with Gasteiger partial charge in [-0.15, -0.1) is 0 Å². The maximum absolute atomic E-state index is 13.9. The summed E-state index contributed by atoms with van der Waals surface area (Å²) in [6, 6.07) is 4.08. The van der Waals surface area contributed by atoms with E-state index in [1.165, 1.54) is 24.5 Å². The molecule has 3 heterocycles. The number of fused-ring (bicyclic) bond motifs is 1. The van der Waals surface area contributed by atoms with Crippen LogP contribution >= 0.6 is 0 Å². The SMILES string of the molecule is Fc1cccc(F)c1Nc1ncnc2c1OCCN2C1CCNCC1. The lowest BCUT2D eigenvalue weighted by molar-refractivity contribution is 0.288. The quantitative estimate of drug-likeness (QED) is 0.889. The van der Waals surface area contributed by atoms with Gasteiger partial charge in [0.2, 0.25) is 5.75 Å². The molecule has 0 bridgehead atoms. The van der Waals surface area contributed by atoms with Crippen molar-refractivity contribution in [2.24, 2.45) is 0 Å². The van der Waals surface area contributed by atoms with Gasteiger partial charge < -0.3 is 20.3 Å². The summed E-state index contributed by atoms with van der Waals surface area (Å²) in [6.45, 7) is 3.16. The van der Waals surface area contributed by atoms with Gasteiger partial charge in [-0.1, -0.05) is 6.07 Å². The number of hydrogen-bond acceptors (Lipinski definition) is 6. The summed E-state index contributed by atoms with van der Waals surface area (Å²) in [7, 11) is 0. The second kappa shape index (κ2) is 6.79. The third-order valence-corrected chi connectivity index (χ3v) is 4.59. The normalized spacial score (nSPS) is 17.8. The van der Waals surface area contributed by atoms with Gasteiger partial charge >= 0.3 is 0 Å². The van der Waals surface area contributed by atoms with Crippen LogP contribution < -0.4 is 20.3 Å². The summed E-state index contributed by atoms with van der Waals surface area (Å²) in [6.07, 6.45) is 3.44. The number of rotatable bonds is 3. The summed E-state index contributed by atoms with van der Waals surface area (Å²) in [5.41, 5.74) is -0.244. The highest BCUT2D eigenvalue weighted by molar-refractivity contribution is 5.71. The molecule has 1 saturated heterocycles. The van der Waals surface area contributed by atoms with Crippen LogP contribution in [0.3, 0.4) is 0 Å². The van der Waals surface area contributed by atoms with Crippen LogP contribution in [0.25, 0.3) is 0 Å². The summed E-state index contributed by atoms with van der Waals surface area (Å²) >= 11 is 0. The minimum absolute atomic E-state index is 0.244. The Morgan fingerprint density at radius 3 is 2.68 bits per heavy atom. The molecule has 2 aliphatic rings. The van der Waals surface area contributed by atoms with Crippen molar-refractivity contribution >= 4 is 17.3 Å². The second-order valence-electron chi connectivity index (χ2n) is 6.12. The topological polar surface area (TPSA) is 62.3 Å². The molecule has 25 heavy (non-hydrogen) atoms. The molecule has 0 aliphatic carbocycles. The van der Waals surface area contributed by atoms with E-state index in [2.05, 4.69) is 25.5 Å². The Hall–Kier alpha value is -2.48. The lowest BCUT2D eigenvalue weighted by Crippen LogP contribution is -2.47. The number of nitrogens with one attached hydrogen (secondary N) is 2. The fourth-order valence-electron chi connectivity index (χ4n) is 3.35. The highest BCUT2D eigenvalue weighted by Gasteiger charge is 2.30. The number of aromatic nitrogens is 2. The van der Waals surface area contributed by atoms with Crippen LogP contribution in [0.4, 0.5) is 26.1 Å². The zero-order chi connectivity index (χ0) is 17.2. The van der Waals surface area contributed by atoms with Gasteiger partial charge in [0.25, 0.3) is 0 Å². The summed E-state index contributed by atoms with van der Waals surface area (Å²) in [4.78, 5) is 10.7. The van der Waals surface area contributed by atoms with Crippen LogP contribution in [0, 0.1) is 11.6 Å². The number of benzene rings is 1. The molecule has 132 valence electrons. The molecule has 0 atom stereocenters. The zero-order valence-corrected chi connectivity index (χ0v) is 13.6. The molecule has 4 rings (SSSR count). The number of para-hydroxylation sites is 1. The van der Waals surface area contributed by atoms with Crippen LogP contribution in [0.5, 0.6) is 5.75 Å². The van der Waals surface area contributed by atoms with Crippen LogP contribution in [0.1, 0.15) is 12.8 Å². The Balaban J connectivity index is 1.67. The molecule has 2 aromatic rings. The molecule has 8 heteroatoms. The molecule has 2 N–H and O–H groups in total. The van der Waals surface area contributed by atoms with E-state index in [9.17, 15) is 8.78 Å². The molecule has 1 aromatic carbocycles. The predicted octanol–water partition coefficient (Wildman–Crippen LogP) is 2.45. The van der Waals surface area contributed by atoms with Gasteiger partial charge in [0.15, 0.2) is 11.6 Å². The van der Waals surface area contributed by atoms with E-state index >= 15 is 0 Å². The number of ether oxygens (including phenoxy) is 1. The molecule has 1 aromatic heterocycles. The number of halogens is 2. The zero-order valence-electron chi connectivity index (χ0n) is 13.6. The first kappa shape index (κ1) is 16.0. The lowest BCUT2D eigenvalue weighted by Gasteiger charge is -2.38. The van der Waals surface area contributed by atoms with Crippen molar-refractivity contribution in [1.29, 1.82) is 0 Å². The van der Waals surface area contributed by atoms with Gasteiger partial charge in [0.1, 0.15) is 30.3 Å². The van der Waals surface area contributed by atoms with Crippen LogP contribution in [-0.2, 0) is 0 Å². The number of anilines is 3. The molecule has 2 aliphatic heterocycles. The van der Waals surface area contributed by atoms with E-state index in [1.807, 2.05) is 0 Å². The Labute approximate surface area is 144 Å². The maximum Gasteiger partial charge on any atom is 0.205 e. The van der Waals surface area contributed by atoms with Crippen LogP contribution in [0.2, 0.25) is 0 Å². The summed E-state index contributed by atoms with van der Waals surface area (Å²) < 4.78 is 33.6. The monoisotopic (exact) mass is 347 g/mol. The highest BCUT2D eigenvalue weighted by atomic mass is 19.1. The number of piperidine rings is 1. The van der Waals surface area contributed by atoms with Crippen molar-refractivity contribution in [3.05, 3.63) is 36.2 Å². The first-order chi connectivity index (χ1) is 12.2. The van der Waals surface area contributed by atoms with E-state index in [1.54, 1.807) is 0 Å². The molecule has 0 amide bonds. The van der Waals surface area contributed by atoms with Crippen molar-refractivity contribution < 1.29 is 13.5 Å². The molecular weight excluding hydrogens is 328 g/mol. The molecule has 1 fully saturated rings. The van der Waals surface area contributed by atoms with Gasteiger partial charge in [-0.2, -0.15) is 0 Å². The molecule has 0 radical (unpaired) electrons. The first-order valence-corrected chi connectivity index (χ1v) is 8.40. The van der Waals surface area contributed by atoms with E-state index in [-0.39, 0.29) is 11.5 Å². The van der Waals surface area contributed by atoms with Gasteiger partial charge in [0.05, 0.1) is 6.54 Å². The lowest BCUT2D eigenvalue weighted by atomic mass is 10.0. The van der Waals surface area contributed by atoms with Gasteiger partial charge in [-0.25, -0.2) is 18.7 Å². The molecule has 0 saturated carbocycles. The van der Waals surface area contributed by atoms with Crippen molar-refractivity contribution in [2.45, 2.75) is 18.9 Å². The summed E-state index contributed by atoms with van der Waals surface area (Å²) in [5.74, 6) is 0.0201. The van der Waals surface area contributed by atoms with Crippen LogP contribution in [-0.4, -0.2) is 42.3 Å². The predicted molar refractivity (Wildman–Crippen MR) is 90.4 cm³/mol. The largest absolute Gasteiger partial charge is 0.485 e. The van der Waals surface area contributed by atoms with E-state index in [0.717, 1.165) is 32.5 Å². The van der Waals surface area contributed by atoms with E-state index in [4.69, 9.17) is 4.74 Å². The molecule has 6 nitrogen and oxygen atoms in total. The van der Waals surface area contributed by atoms with Gasteiger partial charge in [-0.05, 0) is 38.1 Å². The highest BCUT2D eigenvalue weighted by Crippen LogP contribution is 2.38. The third-order valence-electron chi connectivity index (χ3n) is 4.59. The van der Waals surface area contributed by atoms with Crippen molar-refractivity contribution in [1.82, 2.24) is 15.3 Å². The Bertz CT molecular complexity index is 746. The minimum Gasteiger partial charge on any atom is -0.485 e. The van der Waals surface area contributed by atoms with E-state index < -0.39 is 11.6 Å². The van der Waals surface area contributed by atoms with E-state index in [0.29, 0.717) is 24.2 Å². The third kappa shape index (κ3) is 3.09. The second-order valence-corrected chi connectivity index (χ2v) is 6.12. The number of nitrogens with zero attached hydrogens (tertiary/aromatic N) is 3. The van der Waals surface area contributed by atoms with Gasteiger partial charge in [-0.3, -0.25) is 0 Å². The Kier molecular flexibility index (Phi) is 4.35. The summed E-state index contributed by atoms with van der Waals surface area (Å²) in [5, 5.41) is 6.07. The standard InChI is InChI=1S/C17H19F2N5O/c18-12-2-1-3-13(19)14(12)23-16-15-17(22-10-21-16)24(8-9-25-15)11-4-6-20-7-5-11/h1-3,10-11,20H,4-9H2,(H,21,22,23). The van der Waals surface area contributed by atoms with Crippen molar-refractivity contribution in [3.63, 3.8) is 0 Å². The average molecular weight is 347 g/mol. The Morgan fingerprint density at radius 2 is 1.92 bits per heavy atom. The molecule has 0 spiro atoms. The smallest absolute Gasteiger partial charge is 0.205 e. The Morgan fingerprint density at radius 1 is 1.16 bits per heavy atom. The minimum atomic E-state index is -0.682. The maximum atomic E-state index is 13.9. The fraction of sp³-hybridized carbons (Fsp3) is 0.412. The average Bonchev–Trinajstić information content (AvgIpc) is 2.65. The molecule has 0 unspecified atom stereocenters. The first-order valence-electron chi connectivity index (χ1n) is 8.40.